The van der Waals surface area contributed by atoms with Crippen LogP contribution in [0.3, 0.4) is 0 Å². The normalized spacial score (nSPS) is 15.8. The Morgan fingerprint density at radius 3 is 2.75 bits per heavy atom. The molecule has 1 heterocycles. The third-order valence-electron chi connectivity index (χ3n) is 2.27. The SMILES string of the molecule is Nc1c(F)ccc(SC2COC2)c1C(=O)O. The van der Waals surface area contributed by atoms with Crippen LogP contribution in [0, 0.1) is 5.82 Å². The van der Waals surface area contributed by atoms with Crippen molar-refractivity contribution in [2.45, 2.75) is 10.1 Å². The number of benzene rings is 1. The molecule has 1 saturated heterocycles. The number of carbonyl (C=O) groups is 1. The minimum absolute atomic E-state index is 0.156. The van der Waals surface area contributed by atoms with Crippen molar-refractivity contribution in [3.05, 3.63) is 23.5 Å². The van der Waals surface area contributed by atoms with E-state index in [4.69, 9.17) is 15.6 Å². The average Bonchev–Trinajstić information content (AvgIpc) is 2.16. The monoisotopic (exact) mass is 243 g/mol. The van der Waals surface area contributed by atoms with E-state index in [1.165, 1.54) is 23.9 Å². The van der Waals surface area contributed by atoms with Crippen LogP contribution in [0.1, 0.15) is 10.4 Å². The smallest absolute Gasteiger partial charge is 0.339 e. The summed E-state index contributed by atoms with van der Waals surface area (Å²) in [5, 5.41) is 9.21. The Morgan fingerprint density at radius 2 is 2.25 bits per heavy atom. The highest BCUT2D eigenvalue weighted by Gasteiger charge is 2.24. The fourth-order valence-corrected chi connectivity index (χ4v) is 2.50. The molecule has 0 aromatic heterocycles. The number of ether oxygens (including phenoxy) is 1. The Hall–Kier alpha value is -1.27. The summed E-state index contributed by atoms with van der Waals surface area (Å²) < 4.78 is 18.1. The fraction of sp³-hybridized carbons (Fsp3) is 0.300. The fourth-order valence-electron chi connectivity index (χ4n) is 1.35. The molecule has 0 bridgehead atoms. The summed E-state index contributed by atoms with van der Waals surface area (Å²) >= 11 is 1.36. The second kappa shape index (κ2) is 4.31. The van der Waals surface area contributed by atoms with Gasteiger partial charge in [0.25, 0.3) is 0 Å². The predicted octanol–water partition coefficient (Wildman–Crippen LogP) is 1.60. The van der Waals surface area contributed by atoms with Gasteiger partial charge in [-0.25, -0.2) is 9.18 Å². The van der Waals surface area contributed by atoms with Crippen molar-refractivity contribution in [1.29, 1.82) is 0 Å². The van der Waals surface area contributed by atoms with Crippen LogP contribution in [0.4, 0.5) is 10.1 Å². The van der Waals surface area contributed by atoms with Crippen molar-refractivity contribution in [3.63, 3.8) is 0 Å². The molecular formula is C10H10FNO3S. The third kappa shape index (κ3) is 1.98. The lowest BCUT2D eigenvalue weighted by molar-refractivity contribution is 0.0454. The van der Waals surface area contributed by atoms with Crippen molar-refractivity contribution >= 4 is 23.4 Å². The van der Waals surface area contributed by atoms with Gasteiger partial charge in [0.1, 0.15) is 5.82 Å². The summed E-state index contributed by atoms with van der Waals surface area (Å²) in [7, 11) is 0. The molecule has 1 aliphatic heterocycles. The largest absolute Gasteiger partial charge is 0.478 e. The lowest BCUT2D eigenvalue weighted by Gasteiger charge is -2.25. The highest BCUT2D eigenvalue weighted by Crippen LogP contribution is 2.34. The Morgan fingerprint density at radius 1 is 1.56 bits per heavy atom. The van der Waals surface area contributed by atoms with Gasteiger partial charge >= 0.3 is 5.97 Å². The van der Waals surface area contributed by atoms with E-state index in [0.29, 0.717) is 18.1 Å². The zero-order valence-corrected chi connectivity index (χ0v) is 9.09. The van der Waals surface area contributed by atoms with Gasteiger partial charge in [-0.1, -0.05) is 0 Å². The number of rotatable bonds is 3. The molecule has 0 unspecified atom stereocenters. The summed E-state index contributed by atoms with van der Waals surface area (Å²) in [4.78, 5) is 11.5. The number of anilines is 1. The standard InChI is InChI=1S/C10H10FNO3S/c11-6-1-2-7(16-5-3-15-4-5)8(9(6)12)10(13)14/h1-2,5H,3-4,12H2,(H,13,14). The van der Waals surface area contributed by atoms with E-state index in [-0.39, 0.29) is 16.5 Å². The number of hydrogen-bond acceptors (Lipinski definition) is 4. The molecule has 3 N–H and O–H groups in total. The molecule has 0 aliphatic carbocycles. The Balaban J connectivity index is 2.35. The molecule has 1 aromatic carbocycles. The molecule has 1 fully saturated rings. The molecule has 0 amide bonds. The molecule has 1 aliphatic rings. The van der Waals surface area contributed by atoms with E-state index in [1.54, 1.807) is 0 Å². The number of carboxylic acid groups (broad SMARTS) is 1. The zero-order chi connectivity index (χ0) is 11.7. The van der Waals surface area contributed by atoms with Crippen molar-refractivity contribution < 1.29 is 19.0 Å². The molecule has 4 nitrogen and oxygen atoms in total. The third-order valence-corrected chi connectivity index (χ3v) is 3.47. The lowest BCUT2D eigenvalue weighted by atomic mass is 10.2. The van der Waals surface area contributed by atoms with Gasteiger partial charge in [0.2, 0.25) is 0 Å². The maximum Gasteiger partial charge on any atom is 0.339 e. The maximum atomic E-state index is 13.1. The van der Waals surface area contributed by atoms with E-state index in [9.17, 15) is 9.18 Å². The van der Waals surface area contributed by atoms with Gasteiger partial charge < -0.3 is 15.6 Å². The van der Waals surface area contributed by atoms with Crippen molar-refractivity contribution in [2.75, 3.05) is 18.9 Å². The molecule has 0 radical (unpaired) electrons. The summed E-state index contributed by atoms with van der Waals surface area (Å²) in [6.07, 6.45) is 0. The second-order valence-electron chi connectivity index (χ2n) is 3.42. The van der Waals surface area contributed by atoms with E-state index in [0.717, 1.165) is 0 Å². The van der Waals surface area contributed by atoms with E-state index < -0.39 is 11.8 Å². The van der Waals surface area contributed by atoms with Crippen LogP contribution in [0.25, 0.3) is 0 Å². The molecule has 16 heavy (non-hydrogen) atoms. The van der Waals surface area contributed by atoms with Gasteiger partial charge in [0, 0.05) is 4.90 Å². The molecule has 2 rings (SSSR count). The topological polar surface area (TPSA) is 72.5 Å². The van der Waals surface area contributed by atoms with Crippen LogP contribution in [-0.2, 0) is 4.74 Å². The number of aromatic carboxylic acids is 1. The molecule has 0 saturated carbocycles. The van der Waals surface area contributed by atoms with Crippen molar-refractivity contribution in [2.24, 2.45) is 0 Å². The van der Waals surface area contributed by atoms with Gasteiger partial charge in [0.15, 0.2) is 0 Å². The van der Waals surface area contributed by atoms with Gasteiger partial charge in [-0.05, 0) is 12.1 Å². The molecule has 0 atom stereocenters. The highest BCUT2D eigenvalue weighted by atomic mass is 32.2. The lowest BCUT2D eigenvalue weighted by Crippen LogP contribution is -2.30. The van der Waals surface area contributed by atoms with E-state index >= 15 is 0 Å². The predicted molar refractivity (Wildman–Crippen MR) is 58.2 cm³/mol. The van der Waals surface area contributed by atoms with Crippen LogP contribution >= 0.6 is 11.8 Å². The maximum absolute atomic E-state index is 13.1. The number of nitrogens with two attached hydrogens (primary N) is 1. The van der Waals surface area contributed by atoms with Crippen LogP contribution in [-0.4, -0.2) is 29.5 Å². The van der Waals surface area contributed by atoms with Gasteiger partial charge in [-0.3, -0.25) is 0 Å². The van der Waals surface area contributed by atoms with Crippen LogP contribution in [0.15, 0.2) is 17.0 Å². The highest BCUT2D eigenvalue weighted by molar-refractivity contribution is 8.00. The van der Waals surface area contributed by atoms with Crippen molar-refractivity contribution in [3.8, 4) is 0 Å². The first-order valence-corrected chi connectivity index (χ1v) is 5.53. The Bertz CT molecular complexity index is 434. The minimum Gasteiger partial charge on any atom is -0.478 e. The quantitative estimate of drug-likeness (QED) is 0.789. The molecular weight excluding hydrogens is 233 g/mol. The summed E-state index contributed by atoms with van der Waals surface area (Å²) in [5.74, 6) is -1.91. The van der Waals surface area contributed by atoms with E-state index in [2.05, 4.69) is 0 Å². The van der Waals surface area contributed by atoms with Gasteiger partial charge in [-0.15, -0.1) is 11.8 Å². The number of carboxylic acids is 1. The van der Waals surface area contributed by atoms with Gasteiger partial charge in [-0.2, -0.15) is 0 Å². The van der Waals surface area contributed by atoms with Crippen LogP contribution < -0.4 is 5.73 Å². The van der Waals surface area contributed by atoms with Gasteiger partial charge in [0.05, 0.1) is 29.7 Å². The molecule has 86 valence electrons. The number of hydrogen-bond donors (Lipinski definition) is 2. The average molecular weight is 243 g/mol. The first kappa shape index (κ1) is 11.2. The summed E-state index contributed by atoms with van der Waals surface area (Å²) in [6, 6.07) is 2.63. The van der Waals surface area contributed by atoms with Crippen LogP contribution in [0.2, 0.25) is 0 Å². The number of halogens is 1. The van der Waals surface area contributed by atoms with E-state index in [1.807, 2.05) is 0 Å². The molecule has 1 aromatic rings. The first-order chi connectivity index (χ1) is 7.59. The summed E-state index contributed by atoms with van der Waals surface area (Å²) in [5.41, 5.74) is 4.96. The number of thioether (sulfide) groups is 1. The molecule has 6 heteroatoms. The first-order valence-electron chi connectivity index (χ1n) is 4.65. The Labute approximate surface area is 95.6 Å². The summed E-state index contributed by atoms with van der Waals surface area (Å²) in [6.45, 7) is 1.17. The number of nitrogen functional groups attached to an aromatic ring is 1. The Kier molecular flexibility index (Phi) is 3.02. The van der Waals surface area contributed by atoms with Crippen LogP contribution in [0.5, 0.6) is 0 Å². The minimum atomic E-state index is -1.21. The zero-order valence-electron chi connectivity index (χ0n) is 8.27. The molecule has 0 spiro atoms. The second-order valence-corrected chi connectivity index (χ2v) is 4.76. The van der Waals surface area contributed by atoms with Crippen molar-refractivity contribution in [1.82, 2.24) is 0 Å².